The zero-order valence-corrected chi connectivity index (χ0v) is 29.4. The molecule has 5 aromatic rings. The van der Waals surface area contributed by atoms with E-state index >= 15 is 4.39 Å². The van der Waals surface area contributed by atoms with Crippen molar-refractivity contribution in [2.24, 2.45) is 0 Å². The first-order valence-electron chi connectivity index (χ1n) is 17.9. The van der Waals surface area contributed by atoms with Crippen molar-refractivity contribution >= 4 is 10.8 Å². The van der Waals surface area contributed by atoms with Gasteiger partial charge in [0.05, 0.1) is 22.1 Å². The molecular formula is C42H49FN4+2. The van der Waals surface area contributed by atoms with Gasteiger partial charge in [-0.1, -0.05) is 80.0 Å². The second-order valence-electron chi connectivity index (χ2n) is 16.0. The molecule has 0 spiro atoms. The van der Waals surface area contributed by atoms with Gasteiger partial charge >= 0.3 is 0 Å². The van der Waals surface area contributed by atoms with Crippen molar-refractivity contribution < 1.29 is 13.5 Å². The fraction of sp³-hybridized carbons (Fsp3) is 0.452. The Labute approximate surface area is 279 Å². The Hall–Kier alpha value is -3.86. The monoisotopic (exact) mass is 628 g/mol. The maximum absolute atomic E-state index is 16.4. The normalized spacial score (nSPS) is 19.9. The lowest BCUT2D eigenvalue weighted by Crippen LogP contribution is -2.65. The molecule has 5 heteroatoms. The van der Waals surface area contributed by atoms with Crippen molar-refractivity contribution in [2.45, 2.75) is 122 Å². The van der Waals surface area contributed by atoms with Gasteiger partial charge in [-0.05, 0) is 66.0 Å². The molecule has 3 aromatic heterocycles. The van der Waals surface area contributed by atoms with Gasteiger partial charge in [0.2, 0.25) is 23.5 Å². The molecule has 47 heavy (non-hydrogen) atoms. The fourth-order valence-electron chi connectivity index (χ4n) is 9.61. The van der Waals surface area contributed by atoms with Crippen molar-refractivity contribution in [3.8, 4) is 22.6 Å². The van der Waals surface area contributed by atoms with Crippen molar-refractivity contribution in [1.82, 2.24) is 9.78 Å². The van der Waals surface area contributed by atoms with Gasteiger partial charge in [0.15, 0.2) is 12.4 Å². The van der Waals surface area contributed by atoms with Crippen molar-refractivity contribution in [2.75, 3.05) is 0 Å². The second-order valence-corrected chi connectivity index (χ2v) is 16.0. The summed E-state index contributed by atoms with van der Waals surface area (Å²) in [5, 5.41) is 7.82. The topological polar surface area (TPSA) is 25.6 Å². The first kappa shape index (κ1) is 30.5. The molecule has 0 saturated heterocycles. The molecule has 0 radical (unpaired) electrons. The largest absolute Gasteiger partial charge is 0.251 e. The van der Waals surface area contributed by atoms with Crippen LogP contribution in [0.1, 0.15) is 121 Å². The van der Waals surface area contributed by atoms with Crippen LogP contribution in [0.3, 0.4) is 0 Å². The molecule has 5 heterocycles. The number of fused-ring (bicyclic) bond motifs is 3. The van der Waals surface area contributed by atoms with E-state index in [-0.39, 0.29) is 28.7 Å². The molecule has 2 atom stereocenters. The van der Waals surface area contributed by atoms with Crippen LogP contribution in [0, 0.1) is 5.82 Å². The molecule has 242 valence electrons. The van der Waals surface area contributed by atoms with Gasteiger partial charge in [0, 0.05) is 34.6 Å². The Morgan fingerprint density at radius 2 is 1.72 bits per heavy atom. The number of rotatable bonds is 6. The maximum Gasteiger partial charge on any atom is 0.239 e. The molecule has 8 rings (SSSR count). The minimum Gasteiger partial charge on any atom is -0.251 e. The Morgan fingerprint density at radius 1 is 0.936 bits per heavy atom. The van der Waals surface area contributed by atoms with E-state index in [1.54, 1.807) is 6.07 Å². The van der Waals surface area contributed by atoms with Gasteiger partial charge in [0.1, 0.15) is 18.1 Å². The van der Waals surface area contributed by atoms with Gasteiger partial charge < -0.3 is 0 Å². The Bertz CT molecular complexity index is 2070. The van der Waals surface area contributed by atoms with Gasteiger partial charge in [-0.2, -0.15) is 14.2 Å². The summed E-state index contributed by atoms with van der Waals surface area (Å²) in [6.45, 7) is 18.9. The zero-order chi connectivity index (χ0) is 33.0. The Balaban J connectivity index is 1.45. The van der Waals surface area contributed by atoms with Crippen molar-refractivity contribution in [3.63, 3.8) is 0 Å². The quantitative estimate of drug-likeness (QED) is 0.172. The van der Waals surface area contributed by atoms with E-state index in [4.69, 9.17) is 5.10 Å². The number of nitrogens with zero attached hydrogens (tertiary/aromatic N) is 4. The summed E-state index contributed by atoms with van der Waals surface area (Å²) in [4.78, 5) is 0. The van der Waals surface area contributed by atoms with Crippen LogP contribution in [-0.2, 0) is 29.2 Å². The minimum absolute atomic E-state index is 0.0449. The number of aryl methyl sites for hydroxylation is 1. The summed E-state index contributed by atoms with van der Waals surface area (Å²) in [7, 11) is 0. The van der Waals surface area contributed by atoms with Crippen LogP contribution in [0.2, 0.25) is 0 Å². The number of benzene rings is 2. The Morgan fingerprint density at radius 3 is 2.45 bits per heavy atom. The summed E-state index contributed by atoms with van der Waals surface area (Å²) < 4.78 is 23.8. The van der Waals surface area contributed by atoms with Gasteiger partial charge in [0.25, 0.3) is 0 Å². The highest BCUT2D eigenvalue weighted by Crippen LogP contribution is 2.58. The smallest absolute Gasteiger partial charge is 0.239 e. The average molecular weight is 629 g/mol. The zero-order valence-electron chi connectivity index (χ0n) is 29.4. The SMILES string of the molecule is CCCCc1cc2c3c4[n+](ccc3c1)C(C1Cn3nc(C(C)(C)C)cc3-c3cccc[n+]31)C(CC)(CC)c1ccc(F)c(c1-4)C2(C)C. The van der Waals surface area contributed by atoms with E-state index in [9.17, 15) is 0 Å². The molecule has 0 fully saturated rings. The summed E-state index contributed by atoms with van der Waals surface area (Å²) in [6, 6.07) is 20.1. The van der Waals surface area contributed by atoms with Crippen LogP contribution in [0.4, 0.5) is 4.39 Å². The van der Waals surface area contributed by atoms with Crippen molar-refractivity contribution in [1.29, 1.82) is 0 Å². The van der Waals surface area contributed by atoms with E-state index in [1.165, 1.54) is 44.5 Å². The van der Waals surface area contributed by atoms with E-state index in [0.717, 1.165) is 55.5 Å². The molecule has 4 nitrogen and oxygen atoms in total. The van der Waals surface area contributed by atoms with Gasteiger partial charge in [-0.15, -0.1) is 0 Å². The lowest BCUT2D eigenvalue weighted by Gasteiger charge is -2.46. The molecule has 0 N–H and O–H groups in total. The predicted octanol–water partition coefficient (Wildman–Crippen LogP) is 9.23. The fourth-order valence-corrected chi connectivity index (χ4v) is 9.61. The third kappa shape index (κ3) is 4.07. The van der Waals surface area contributed by atoms with E-state index in [0.29, 0.717) is 0 Å². The van der Waals surface area contributed by atoms with Crippen LogP contribution in [0.5, 0.6) is 0 Å². The number of hydrogen-bond acceptors (Lipinski definition) is 1. The van der Waals surface area contributed by atoms with Crippen LogP contribution < -0.4 is 9.13 Å². The number of halogens is 1. The minimum atomic E-state index is -0.457. The number of aromatic nitrogens is 4. The molecule has 2 aliphatic heterocycles. The molecule has 0 saturated carbocycles. The van der Waals surface area contributed by atoms with E-state index in [1.807, 2.05) is 0 Å². The van der Waals surface area contributed by atoms with Crippen LogP contribution in [-0.4, -0.2) is 9.78 Å². The standard InChI is InChI=1S/C42H49FN4/c1-9-12-15-26-22-27-19-21-46-38-35(27)29(23-26)41(7,8)37-30(43)18-17-28(36(37)38)42(10-2,11-3)39(46)33-25-47-32(24-34(44-47)40(4,5)6)31-16-13-14-20-45(31)33/h13-14,16-24,33,39H,9-12,15,25H2,1-8H3/q+2. The number of hydrogen-bond donors (Lipinski definition) is 0. The first-order valence-corrected chi connectivity index (χ1v) is 17.9. The molecule has 3 aliphatic rings. The number of pyridine rings is 2. The molecule has 1 aliphatic carbocycles. The third-order valence-electron chi connectivity index (χ3n) is 12.1. The summed E-state index contributed by atoms with van der Waals surface area (Å²) >= 11 is 0. The van der Waals surface area contributed by atoms with Crippen LogP contribution in [0.25, 0.3) is 33.4 Å². The molecular weight excluding hydrogens is 579 g/mol. The first-order chi connectivity index (χ1) is 22.5. The highest BCUT2D eigenvalue weighted by atomic mass is 19.1. The molecule has 0 amide bonds. The molecule has 0 bridgehead atoms. The predicted molar refractivity (Wildman–Crippen MR) is 187 cm³/mol. The Kier molecular flexibility index (Phi) is 6.69. The van der Waals surface area contributed by atoms with Crippen molar-refractivity contribution in [3.05, 3.63) is 101 Å². The summed E-state index contributed by atoms with van der Waals surface area (Å²) in [5.74, 6) is -0.0882. The highest BCUT2D eigenvalue weighted by molar-refractivity contribution is 6.01. The van der Waals surface area contributed by atoms with Gasteiger partial charge in [-0.25, -0.2) is 4.39 Å². The summed E-state index contributed by atoms with van der Waals surface area (Å²) in [6.07, 6.45) is 9.89. The highest BCUT2D eigenvalue weighted by Gasteiger charge is 2.61. The third-order valence-corrected chi connectivity index (χ3v) is 12.1. The number of unbranched alkanes of at least 4 members (excludes halogenated alkanes) is 1. The molecule has 2 aromatic carbocycles. The second kappa shape index (κ2) is 10.3. The molecule has 2 unspecified atom stereocenters. The van der Waals surface area contributed by atoms with Gasteiger partial charge in [-0.3, -0.25) is 4.68 Å². The van der Waals surface area contributed by atoms with E-state index in [2.05, 4.69) is 130 Å². The summed E-state index contributed by atoms with van der Waals surface area (Å²) in [5.41, 5.74) is 9.92. The lowest BCUT2D eigenvalue weighted by atomic mass is 9.59. The average Bonchev–Trinajstić information content (AvgIpc) is 3.50. The van der Waals surface area contributed by atoms with Crippen LogP contribution >= 0.6 is 0 Å². The lowest BCUT2D eigenvalue weighted by molar-refractivity contribution is -0.817. The maximum atomic E-state index is 16.4. The van der Waals surface area contributed by atoms with E-state index < -0.39 is 5.41 Å². The van der Waals surface area contributed by atoms with Crippen LogP contribution in [0.15, 0.2) is 67.0 Å².